The molecule has 2 atom stereocenters. The van der Waals surface area contributed by atoms with Crippen molar-refractivity contribution in [3.05, 3.63) is 64.1 Å². The number of hydrogen-bond acceptors (Lipinski definition) is 5. The third kappa shape index (κ3) is 2.70. The van der Waals surface area contributed by atoms with Gasteiger partial charge in [0.15, 0.2) is 0 Å². The van der Waals surface area contributed by atoms with Gasteiger partial charge in [-0.1, -0.05) is 18.9 Å². The SMILES string of the molecule is CC1(C)Oc2ccc(C(=O)NS)cc2C(n2ccccc2=O)C1O. The predicted molar refractivity (Wildman–Crippen MR) is 92.4 cm³/mol. The lowest BCUT2D eigenvalue weighted by molar-refractivity contribution is -0.0642. The van der Waals surface area contributed by atoms with Gasteiger partial charge in [-0.2, -0.15) is 0 Å². The van der Waals surface area contributed by atoms with Gasteiger partial charge in [-0.25, -0.2) is 0 Å². The van der Waals surface area contributed by atoms with E-state index in [0.29, 0.717) is 16.9 Å². The van der Waals surface area contributed by atoms with Gasteiger partial charge in [0.1, 0.15) is 17.5 Å². The number of nitrogens with one attached hydrogen (secondary N) is 1. The highest BCUT2D eigenvalue weighted by atomic mass is 32.1. The predicted octanol–water partition coefficient (Wildman–Crippen LogP) is 1.54. The number of hydrogen-bond donors (Lipinski definition) is 3. The zero-order valence-corrected chi connectivity index (χ0v) is 14.2. The zero-order chi connectivity index (χ0) is 17.5. The first kappa shape index (κ1) is 16.6. The molecule has 2 N–H and O–H groups in total. The molecule has 3 rings (SSSR count). The van der Waals surface area contributed by atoms with E-state index in [1.54, 1.807) is 50.4 Å². The van der Waals surface area contributed by atoms with Gasteiger partial charge in [0.05, 0.1) is 6.04 Å². The number of fused-ring (bicyclic) bond motifs is 1. The summed E-state index contributed by atoms with van der Waals surface area (Å²) < 4.78 is 9.60. The monoisotopic (exact) mass is 346 g/mol. The second-order valence-electron chi connectivity index (χ2n) is 6.23. The Labute approximate surface area is 144 Å². The van der Waals surface area contributed by atoms with Crippen LogP contribution in [0.3, 0.4) is 0 Å². The van der Waals surface area contributed by atoms with E-state index in [1.165, 1.54) is 10.6 Å². The third-order valence-corrected chi connectivity index (χ3v) is 4.43. The molecule has 7 heteroatoms. The largest absolute Gasteiger partial charge is 0.485 e. The normalized spacial score (nSPS) is 21.5. The Morgan fingerprint density at radius 3 is 2.75 bits per heavy atom. The van der Waals surface area contributed by atoms with Crippen LogP contribution in [0.5, 0.6) is 5.75 Å². The van der Waals surface area contributed by atoms with Crippen LogP contribution in [0.4, 0.5) is 0 Å². The number of aliphatic hydroxyl groups excluding tert-OH is 1. The average Bonchev–Trinajstić information content (AvgIpc) is 2.56. The molecule has 1 aliphatic rings. The van der Waals surface area contributed by atoms with E-state index in [2.05, 4.69) is 17.5 Å². The molecule has 2 aromatic rings. The fourth-order valence-corrected chi connectivity index (χ4v) is 3.07. The van der Waals surface area contributed by atoms with Gasteiger partial charge < -0.3 is 14.4 Å². The number of carbonyl (C=O) groups is 1. The van der Waals surface area contributed by atoms with E-state index < -0.39 is 17.7 Å². The molecule has 1 aromatic heterocycles. The van der Waals surface area contributed by atoms with Gasteiger partial charge in [0, 0.05) is 23.4 Å². The van der Waals surface area contributed by atoms with Crippen LogP contribution in [0.25, 0.3) is 0 Å². The van der Waals surface area contributed by atoms with E-state index in [-0.39, 0.29) is 11.5 Å². The van der Waals surface area contributed by atoms with E-state index in [1.807, 2.05) is 0 Å². The van der Waals surface area contributed by atoms with Crippen LogP contribution in [-0.4, -0.2) is 27.3 Å². The number of aliphatic hydroxyl groups is 1. The molecule has 0 saturated heterocycles. The highest BCUT2D eigenvalue weighted by Crippen LogP contribution is 2.41. The van der Waals surface area contributed by atoms with Gasteiger partial charge in [0.25, 0.3) is 11.5 Å². The van der Waals surface area contributed by atoms with Gasteiger partial charge >= 0.3 is 0 Å². The van der Waals surface area contributed by atoms with Gasteiger partial charge in [-0.05, 0) is 38.1 Å². The standard InChI is InChI=1S/C17H18N2O4S/c1-17(2)15(21)14(19-8-4-3-5-13(19)20)11-9-10(16(22)18-24)6-7-12(11)23-17/h3-9,14-15,21,24H,1-2H3,(H,18,22). The summed E-state index contributed by atoms with van der Waals surface area (Å²) >= 11 is 3.77. The number of nitrogens with zero attached hydrogens (tertiary/aromatic N) is 1. The van der Waals surface area contributed by atoms with Crippen LogP contribution in [0.1, 0.15) is 35.8 Å². The third-order valence-electron chi connectivity index (χ3n) is 4.23. The first-order valence-corrected chi connectivity index (χ1v) is 7.92. The van der Waals surface area contributed by atoms with Crippen molar-refractivity contribution in [2.24, 2.45) is 0 Å². The van der Waals surface area contributed by atoms with Crippen LogP contribution < -0.4 is 15.0 Å². The fourth-order valence-electron chi connectivity index (χ4n) is 2.94. The van der Waals surface area contributed by atoms with E-state index >= 15 is 0 Å². The van der Waals surface area contributed by atoms with Crippen molar-refractivity contribution in [3.63, 3.8) is 0 Å². The highest BCUT2D eigenvalue weighted by Gasteiger charge is 2.44. The fraction of sp³-hybridized carbons (Fsp3) is 0.294. The molecule has 6 nitrogen and oxygen atoms in total. The Bertz CT molecular complexity index is 846. The Hall–Kier alpha value is -2.25. The topological polar surface area (TPSA) is 80.6 Å². The second-order valence-corrected chi connectivity index (χ2v) is 6.46. The molecule has 1 aromatic carbocycles. The summed E-state index contributed by atoms with van der Waals surface area (Å²) in [5.74, 6) is 0.154. The van der Waals surface area contributed by atoms with Crippen molar-refractivity contribution in [3.8, 4) is 5.75 Å². The first-order valence-electron chi connectivity index (χ1n) is 7.48. The first-order chi connectivity index (χ1) is 11.3. The van der Waals surface area contributed by atoms with E-state index in [0.717, 1.165) is 0 Å². The number of pyridine rings is 1. The maximum atomic E-state index is 12.3. The van der Waals surface area contributed by atoms with E-state index in [4.69, 9.17) is 4.74 Å². The number of benzene rings is 1. The zero-order valence-electron chi connectivity index (χ0n) is 13.3. The Kier molecular flexibility index (Phi) is 4.15. The Morgan fingerprint density at radius 1 is 1.33 bits per heavy atom. The van der Waals surface area contributed by atoms with Gasteiger partial charge in [-0.15, -0.1) is 0 Å². The molecule has 0 radical (unpaired) electrons. The summed E-state index contributed by atoms with van der Waals surface area (Å²) in [5, 5.41) is 10.8. The van der Waals surface area contributed by atoms with Crippen molar-refractivity contribution in [2.45, 2.75) is 31.6 Å². The van der Waals surface area contributed by atoms with Crippen molar-refractivity contribution in [2.75, 3.05) is 0 Å². The minimum Gasteiger partial charge on any atom is -0.485 e. The highest BCUT2D eigenvalue weighted by molar-refractivity contribution is 7.78. The van der Waals surface area contributed by atoms with Crippen LogP contribution in [-0.2, 0) is 0 Å². The van der Waals surface area contributed by atoms with Crippen LogP contribution in [0.2, 0.25) is 0 Å². The molecular weight excluding hydrogens is 328 g/mol. The lowest BCUT2D eigenvalue weighted by atomic mass is 9.85. The smallest absolute Gasteiger partial charge is 0.260 e. The molecule has 0 bridgehead atoms. The van der Waals surface area contributed by atoms with Crippen molar-refractivity contribution in [1.29, 1.82) is 0 Å². The molecule has 1 aliphatic heterocycles. The summed E-state index contributed by atoms with van der Waals surface area (Å²) in [6.07, 6.45) is 0.645. The molecule has 2 heterocycles. The van der Waals surface area contributed by atoms with Crippen molar-refractivity contribution >= 4 is 18.7 Å². The minimum absolute atomic E-state index is 0.241. The number of rotatable bonds is 2. The molecule has 2 unspecified atom stereocenters. The molecule has 0 aliphatic carbocycles. The number of amides is 1. The molecule has 0 spiro atoms. The molecule has 0 saturated carbocycles. The summed E-state index contributed by atoms with van der Waals surface area (Å²) in [5.41, 5.74) is -0.188. The number of aromatic nitrogens is 1. The van der Waals surface area contributed by atoms with Crippen LogP contribution in [0, 0.1) is 0 Å². The van der Waals surface area contributed by atoms with Crippen LogP contribution in [0.15, 0.2) is 47.4 Å². The number of ether oxygens (including phenoxy) is 1. The second kappa shape index (κ2) is 5.99. The summed E-state index contributed by atoms with van der Waals surface area (Å²) in [6, 6.07) is 9.03. The van der Waals surface area contributed by atoms with Gasteiger partial charge in [-0.3, -0.25) is 14.3 Å². The Balaban J connectivity index is 2.23. The number of carbonyl (C=O) groups excluding carboxylic acids is 1. The lowest BCUT2D eigenvalue weighted by Gasteiger charge is -2.42. The quantitative estimate of drug-likeness (QED) is 0.721. The summed E-state index contributed by atoms with van der Waals surface area (Å²) in [4.78, 5) is 24.1. The minimum atomic E-state index is -0.973. The summed E-state index contributed by atoms with van der Waals surface area (Å²) in [6.45, 7) is 3.52. The molecule has 126 valence electrons. The molecule has 1 amide bonds. The van der Waals surface area contributed by atoms with Crippen LogP contribution >= 0.6 is 12.8 Å². The van der Waals surface area contributed by atoms with Crippen molar-refractivity contribution in [1.82, 2.24) is 9.29 Å². The average molecular weight is 346 g/mol. The molecule has 24 heavy (non-hydrogen) atoms. The van der Waals surface area contributed by atoms with E-state index in [9.17, 15) is 14.7 Å². The lowest BCUT2D eigenvalue weighted by Crippen LogP contribution is -2.52. The number of thiol groups is 1. The Morgan fingerprint density at radius 2 is 2.08 bits per heavy atom. The molecule has 0 fully saturated rings. The van der Waals surface area contributed by atoms with Crippen molar-refractivity contribution < 1.29 is 14.6 Å². The maximum Gasteiger partial charge on any atom is 0.260 e. The maximum absolute atomic E-state index is 12.3. The summed E-state index contributed by atoms with van der Waals surface area (Å²) in [7, 11) is 0. The molecular formula is C17H18N2O4S. The van der Waals surface area contributed by atoms with Gasteiger partial charge in [0.2, 0.25) is 0 Å².